The molecule has 0 spiro atoms. The minimum absolute atomic E-state index is 0.0545. The maximum Gasteiger partial charge on any atom is 0.311 e. The van der Waals surface area contributed by atoms with Crippen LogP contribution >= 0.6 is 0 Å². The minimum Gasteiger partial charge on any atom is -0.426 e. The molecule has 4 heteroatoms. The van der Waals surface area contributed by atoms with Crippen LogP contribution in [0.1, 0.15) is 73.5 Å². The molecule has 0 heterocycles. The zero-order valence-corrected chi connectivity index (χ0v) is 14.3. The van der Waals surface area contributed by atoms with Gasteiger partial charge in [0.2, 0.25) is 11.6 Å². The topological polar surface area (TPSA) is 60.4 Å². The molecule has 0 radical (unpaired) electrons. The van der Waals surface area contributed by atoms with E-state index in [2.05, 4.69) is 0 Å². The van der Waals surface area contributed by atoms with Gasteiger partial charge in [-0.05, 0) is 49.5 Å². The Morgan fingerprint density at radius 3 is 2.39 bits per heavy atom. The predicted octanol–water partition coefficient (Wildman–Crippen LogP) is 3.99. The molecule has 0 aliphatic heterocycles. The van der Waals surface area contributed by atoms with E-state index in [0.29, 0.717) is 40.9 Å². The molecule has 0 atom stereocenters. The summed E-state index contributed by atoms with van der Waals surface area (Å²) in [5, 5.41) is 0. The van der Waals surface area contributed by atoms with Crippen LogP contribution in [0.25, 0.3) is 6.08 Å². The number of rotatable bonds is 4. The highest BCUT2D eigenvalue weighted by Crippen LogP contribution is 2.38. The average Bonchev–Trinajstić information content (AvgIpc) is 2.44. The largest absolute Gasteiger partial charge is 0.426 e. The quantitative estimate of drug-likeness (QED) is 0.479. The number of carbonyl (C=O) groups is 3. The second-order valence-electron chi connectivity index (χ2n) is 6.26. The molecule has 1 aliphatic carbocycles. The fourth-order valence-electron chi connectivity index (χ4n) is 2.91. The number of ketones is 2. The molecule has 0 aromatic heterocycles. The Balaban J connectivity index is 2.68. The smallest absolute Gasteiger partial charge is 0.311 e. The first-order valence-corrected chi connectivity index (χ1v) is 7.93. The summed E-state index contributed by atoms with van der Waals surface area (Å²) in [7, 11) is 0. The maximum atomic E-state index is 12.4. The SMILES string of the molecule is CCCC(=O)Oc1cc(C)c2c(c1C(C)C)C=C(C)C(=O)C2=O. The van der Waals surface area contributed by atoms with Crippen molar-refractivity contribution in [3.05, 3.63) is 33.9 Å². The number of ether oxygens (including phenoxy) is 1. The fourth-order valence-corrected chi connectivity index (χ4v) is 2.91. The lowest BCUT2D eigenvalue weighted by Crippen LogP contribution is -2.23. The van der Waals surface area contributed by atoms with Gasteiger partial charge >= 0.3 is 5.97 Å². The zero-order valence-electron chi connectivity index (χ0n) is 14.3. The first-order chi connectivity index (χ1) is 10.8. The summed E-state index contributed by atoms with van der Waals surface area (Å²) in [4.78, 5) is 36.2. The number of benzene rings is 1. The van der Waals surface area contributed by atoms with Gasteiger partial charge in [-0.3, -0.25) is 14.4 Å². The third kappa shape index (κ3) is 3.11. The van der Waals surface area contributed by atoms with Crippen LogP contribution in [-0.4, -0.2) is 17.5 Å². The maximum absolute atomic E-state index is 12.4. The van der Waals surface area contributed by atoms with Crippen molar-refractivity contribution in [1.29, 1.82) is 0 Å². The van der Waals surface area contributed by atoms with E-state index >= 15 is 0 Å². The van der Waals surface area contributed by atoms with Crippen molar-refractivity contribution in [2.45, 2.75) is 53.4 Å². The Morgan fingerprint density at radius 1 is 1.17 bits per heavy atom. The lowest BCUT2D eigenvalue weighted by atomic mass is 9.82. The summed E-state index contributed by atoms with van der Waals surface area (Å²) < 4.78 is 5.53. The molecule has 0 unspecified atom stereocenters. The minimum atomic E-state index is -0.481. The Kier molecular flexibility index (Phi) is 4.83. The number of carbonyl (C=O) groups excluding carboxylic acids is 3. The molecule has 122 valence electrons. The van der Waals surface area contributed by atoms with E-state index in [9.17, 15) is 14.4 Å². The van der Waals surface area contributed by atoms with Crippen LogP contribution in [0.15, 0.2) is 11.6 Å². The van der Waals surface area contributed by atoms with E-state index in [1.807, 2.05) is 20.8 Å². The second-order valence-corrected chi connectivity index (χ2v) is 6.26. The molecule has 0 bridgehead atoms. The van der Waals surface area contributed by atoms with Crippen LogP contribution in [0.5, 0.6) is 5.75 Å². The summed E-state index contributed by atoms with van der Waals surface area (Å²) in [6.07, 6.45) is 2.80. The van der Waals surface area contributed by atoms with Gasteiger partial charge in [-0.25, -0.2) is 0 Å². The van der Waals surface area contributed by atoms with Gasteiger partial charge in [-0.15, -0.1) is 0 Å². The summed E-state index contributed by atoms with van der Waals surface area (Å²) in [6, 6.07) is 1.70. The van der Waals surface area contributed by atoms with Gasteiger partial charge in [-0.2, -0.15) is 0 Å². The van der Waals surface area contributed by atoms with E-state index in [1.54, 1.807) is 26.0 Å². The van der Waals surface area contributed by atoms with E-state index < -0.39 is 11.6 Å². The summed E-state index contributed by atoms with van der Waals surface area (Å²) in [5.74, 6) is -0.690. The standard InChI is InChI=1S/C19H22O4/c1-6-7-15(20)23-14-9-11(4)17-13(16(14)10(2)3)8-12(5)18(21)19(17)22/h8-10H,6-7H2,1-5H3. The lowest BCUT2D eigenvalue weighted by Gasteiger charge is -2.23. The van der Waals surface area contributed by atoms with Gasteiger partial charge in [0.1, 0.15) is 5.75 Å². The molecule has 0 N–H and O–H groups in total. The average molecular weight is 314 g/mol. The molecule has 4 nitrogen and oxygen atoms in total. The van der Waals surface area contributed by atoms with Crippen molar-refractivity contribution < 1.29 is 19.1 Å². The summed E-state index contributed by atoms with van der Waals surface area (Å²) in [6.45, 7) is 9.27. The Morgan fingerprint density at radius 2 is 1.83 bits per heavy atom. The van der Waals surface area contributed by atoms with E-state index in [4.69, 9.17) is 4.74 Å². The highest BCUT2D eigenvalue weighted by Gasteiger charge is 2.31. The van der Waals surface area contributed by atoms with Gasteiger partial charge in [-0.1, -0.05) is 20.8 Å². The number of fused-ring (bicyclic) bond motifs is 1. The molecule has 0 amide bonds. The third-order valence-electron chi connectivity index (χ3n) is 3.97. The van der Waals surface area contributed by atoms with Crippen LogP contribution < -0.4 is 4.74 Å². The van der Waals surface area contributed by atoms with Crippen molar-refractivity contribution in [2.75, 3.05) is 0 Å². The molecule has 2 rings (SSSR count). The van der Waals surface area contributed by atoms with Crippen LogP contribution in [0.4, 0.5) is 0 Å². The van der Waals surface area contributed by atoms with Gasteiger partial charge < -0.3 is 4.74 Å². The van der Waals surface area contributed by atoms with Gasteiger partial charge in [0.25, 0.3) is 0 Å². The first kappa shape index (κ1) is 17.1. The molecule has 0 saturated heterocycles. The van der Waals surface area contributed by atoms with Gasteiger partial charge in [0, 0.05) is 23.1 Å². The highest BCUT2D eigenvalue weighted by molar-refractivity contribution is 6.52. The number of hydrogen-bond donors (Lipinski definition) is 0. The third-order valence-corrected chi connectivity index (χ3v) is 3.97. The Hall–Kier alpha value is -2.23. The summed E-state index contributed by atoms with van der Waals surface area (Å²) >= 11 is 0. The molecule has 1 aromatic rings. The number of Topliss-reactive ketones (excluding diaryl/α,β-unsaturated/α-hetero) is 2. The predicted molar refractivity (Wildman–Crippen MR) is 88.8 cm³/mol. The van der Waals surface area contributed by atoms with E-state index in [0.717, 1.165) is 5.56 Å². The molecule has 1 aromatic carbocycles. The summed E-state index contributed by atoms with van der Waals surface area (Å²) in [5.41, 5.74) is 3.02. The van der Waals surface area contributed by atoms with Crippen molar-refractivity contribution in [3.8, 4) is 5.75 Å². The van der Waals surface area contributed by atoms with Crippen LogP contribution in [0, 0.1) is 6.92 Å². The van der Waals surface area contributed by atoms with Crippen LogP contribution in [-0.2, 0) is 9.59 Å². The van der Waals surface area contributed by atoms with Crippen molar-refractivity contribution in [1.82, 2.24) is 0 Å². The van der Waals surface area contributed by atoms with Gasteiger partial charge in [0.15, 0.2) is 0 Å². The fraction of sp³-hybridized carbons (Fsp3) is 0.421. The van der Waals surface area contributed by atoms with Crippen LogP contribution in [0.3, 0.4) is 0 Å². The van der Waals surface area contributed by atoms with Crippen molar-refractivity contribution >= 4 is 23.6 Å². The molecular formula is C19H22O4. The number of esters is 1. The molecule has 0 fully saturated rings. The van der Waals surface area contributed by atoms with Gasteiger partial charge in [0.05, 0.1) is 0 Å². The lowest BCUT2D eigenvalue weighted by molar-refractivity contribution is -0.134. The molecule has 1 aliphatic rings. The monoisotopic (exact) mass is 314 g/mol. The Bertz CT molecular complexity index is 723. The van der Waals surface area contributed by atoms with Crippen LogP contribution in [0.2, 0.25) is 0 Å². The van der Waals surface area contributed by atoms with E-state index in [-0.39, 0.29) is 11.9 Å². The molecular weight excluding hydrogens is 292 g/mol. The zero-order chi connectivity index (χ0) is 17.3. The number of aryl methyl sites for hydroxylation is 1. The molecule has 0 saturated carbocycles. The van der Waals surface area contributed by atoms with Crippen molar-refractivity contribution in [2.24, 2.45) is 0 Å². The first-order valence-electron chi connectivity index (χ1n) is 7.93. The second kappa shape index (κ2) is 6.49. The number of allylic oxidation sites excluding steroid dienone is 1. The molecule has 23 heavy (non-hydrogen) atoms. The normalized spacial score (nSPS) is 13.9. The van der Waals surface area contributed by atoms with Crippen molar-refractivity contribution in [3.63, 3.8) is 0 Å². The number of hydrogen-bond acceptors (Lipinski definition) is 4. The Labute approximate surface area is 136 Å². The highest BCUT2D eigenvalue weighted by atomic mass is 16.5. The van der Waals surface area contributed by atoms with E-state index in [1.165, 1.54) is 0 Å².